The van der Waals surface area contributed by atoms with Crippen LogP contribution in [0.25, 0.3) is 0 Å². The second-order valence-corrected chi connectivity index (χ2v) is 4.16. The highest BCUT2D eigenvalue weighted by atomic mass is 16.5. The lowest BCUT2D eigenvalue weighted by Gasteiger charge is -2.29. The van der Waals surface area contributed by atoms with Gasteiger partial charge in [-0.1, -0.05) is 0 Å². The number of H-pyrrole nitrogens is 2. The van der Waals surface area contributed by atoms with Gasteiger partial charge in [0.25, 0.3) is 5.56 Å². The van der Waals surface area contributed by atoms with Gasteiger partial charge in [0.15, 0.2) is 0 Å². The normalized spacial score (nSPS) is 17.0. The quantitative estimate of drug-likeness (QED) is 0.590. The number of anilines is 1. The number of rotatable bonds is 3. The van der Waals surface area contributed by atoms with Crippen molar-refractivity contribution in [1.29, 1.82) is 0 Å². The Morgan fingerprint density at radius 2 is 2.11 bits per heavy atom. The molecule has 19 heavy (non-hydrogen) atoms. The van der Waals surface area contributed by atoms with Gasteiger partial charge in [0, 0.05) is 13.1 Å². The van der Waals surface area contributed by atoms with E-state index in [1.807, 2.05) is 4.98 Å². The van der Waals surface area contributed by atoms with Crippen LogP contribution in [0.3, 0.4) is 0 Å². The molecule has 104 valence electrons. The van der Waals surface area contributed by atoms with Crippen molar-refractivity contribution in [3.63, 3.8) is 0 Å². The summed E-state index contributed by atoms with van der Waals surface area (Å²) in [6.45, 7) is 3.70. The van der Waals surface area contributed by atoms with E-state index in [4.69, 9.17) is 4.74 Å². The van der Waals surface area contributed by atoms with E-state index in [0.717, 1.165) is 0 Å². The van der Waals surface area contributed by atoms with Crippen LogP contribution in [0, 0.1) is 0 Å². The zero-order valence-electron chi connectivity index (χ0n) is 10.4. The average molecular weight is 269 g/mol. The van der Waals surface area contributed by atoms with Gasteiger partial charge in [-0.3, -0.25) is 14.6 Å². The number of amides is 1. The van der Waals surface area contributed by atoms with E-state index in [0.29, 0.717) is 26.3 Å². The molecule has 1 amide bonds. The number of hydrogen-bond donors (Lipinski definition) is 3. The molecule has 0 saturated carbocycles. The van der Waals surface area contributed by atoms with Crippen molar-refractivity contribution in [2.45, 2.75) is 13.0 Å². The lowest BCUT2D eigenvalue weighted by molar-refractivity contribution is -0.135. The smallest absolute Gasteiger partial charge is 0.342 e. The summed E-state index contributed by atoms with van der Waals surface area (Å²) >= 11 is 0. The summed E-state index contributed by atoms with van der Waals surface area (Å²) < 4.78 is 5.16. The standard InChI is InChI=1S/C10H15N5O4/c1-6(9(17)15-2-4-19-5-3-15)11-7-8(16)12-10(18)14-13-7/h6H,2-5H2,1H3,(H,11,13)(H2,12,14,16,18). The van der Waals surface area contributed by atoms with Crippen molar-refractivity contribution in [2.24, 2.45) is 0 Å². The van der Waals surface area contributed by atoms with Crippen LogP contribution in [0.5, 0.6) is 0 Å². The lowest BCUT2D eigenvalue weighted by atomic mass is 10.2. The third kappa shape index (κ3) is 3.19. The molecule has 2 rings (SSSR count). The first kappa shape index (κ1) is 13.3. The molecule has 2 heterocycles. The SMILES string of the molecule is CC(Nc1n[nH]c(=O)[nH]c1=O)C(=O)N1CCOCC1. The van der Waals surface area contributed by atoms with Crippen LogP contribution in [0.4, 0.5) is 5.82 Å². The molecule has 0 aliphatic carbocycles. The molecule has 1 aromatic heterocycles. The zero-order valence-corrected chi connectivity index (χ0v) is 10.4. The van der Waals surface area contributed by atoms with E-state index in [1.165, 1.54) is 0 Å². The molecule has 1 fully saturated rings. The first-order valence-corrected chi connectivity index (χ1v) is 5.90. The number of aromatic nitrogens is 3. The van der Waals surface area contributed by atoms with Gasteiger partial charge in [0.1, 0.15) is 6.04 Å². The zero-order chi connectivity index (χ0) is 13.8. The van der Waals surface area contributed by atoms with E-state index in [2.05, 4.69) is 15.5 Å². The Hall–Kier alpha value is -2.16. The molecule has 3 N–H and O–H groups in total. The first-order valence-electron chi connectivity index (χ1n) is 5.90. The topological polar surface area (TPSA) is 120 Å². The van der Waals surface area contributed by atoms with Crippen LogP contribution < -0.4 is 16.6 Å². The molecule has 9 heteroatoms. The average Bonchev–Trinajstić information content (AvgIpc) is 2.42. The number of carbonyl (C=O) groups excluding carboxylic acids is 1. The van der Waals surface area contributed by atoms with Gasteiger partial charge in [-0.2, -0.15) is 0 Å². The summed E-state index contributed by atoms with van der Waals surface area (Å²) in [5.74, 6) is -0.232. The van der Waals surface area contributed by atoms with E-state index in [-0.39, 0.29) is 11.7 Å². The summed E-state index contributed by atoms with van der Waals surface area (Å²) in [6, 6.07) is -0.613. The van der Waals surface area contributed by atoms with Crippen LogP contribution in [-0.2, 0) is 9.53 Å². The lowest BCUT2D eigenvalue weighted by Crippen LogP contribution is -2.47. The molecular formula is C10H15N5O4. The van der Waals surface area contributed by atoms with Crippen LogP contribution in [0.2, 0.25) is 0 Å². The van der Waals surface area contributed by atoms with Crippen LogP contribution in [-0.4, -0.2) is 58.3 Å². The molecule has 0 aromatic carbocycles. The second kappa shape index (κ2) is 5.65. The minimum Gasteiger partial charge on any atom is -0.378 e. The largest absolute Gasteiger partial charge is 0.378 e. The number of aromatic amines is 2. The van der Waals surface area contributed by atoms with E-state index in [1.54, 1.807) is 11.8 Å². The molecule has 9 nitrogen and oxygen atoms in total. The number of hydrogen-bond acceptors (Lipinski definition) is 6. The number of nitrogens with zero attached hydrogens (tertiary/aromatic N) is 2. The van der Waals surface area contributed by atoms with Gasteiger partial charge >= 0.3 is 5.69 Å². The van der Waals surface area contributed by atoms with Crippen LogP contribution in [0.1, 0.15) is 6.92 Å². The minimum absolute atomic E-state index is 0.0892. The fourth-order valence-electron chi connectivity index (χ4n) is 1.77. The van der Waals surface area contributed by atoms with Gasteiger partial charge in [0.05, 0.1) is 13.2 Å². The molecule has 1 aliphatic heterocycles. The molecule has 1 aliphatic rings. The Bertz CT molecular complexity index is 560. The fraction of sp³-hybridized carbons (Fsp3) is 0.600. The van der Waals surface area contributed by atoms with Gasteiger partial charge in [-0.25, -0.2) is 9.89 Å². The third-order valence-electron chi connectivity index (χ3n) is 2.76. The van der Waals surface area contributed by atoms with Crippen molar-refractivity contribution < 1.29 is 9.53 Å². The highest BCUT2D eigenvalue weighted by molar-refractivity contribution is 5.84. The van der Waals surface area contributed by atoms with Gasteiger partial charge in [-0.15, -0.1) is 5.10 Å². The third-order valence-corrected chi connectivity index (χ3v) is 2.76. The number of ether oxygens (including phenoxy) is 1. The van der Waals surface area contributed by atoms with Crippen molar-refractivity contribution in [2.75, 3.05) is 31.6 Å². The number of nitrogens with one attached hydrogen (secondary N) is 3. The molecule has 0 bridgehead atoms. The maximum absolute atomic E-state index is 12.1. The number of carbonyl (C=O) groups is 1. The Labute approximate surface area is 108 Å². The van der Waals surface area contributed by atoms with Gasteiger partial charge < -0.3 is 15.0 Å². The Kier molecular flexibility index (Phi) is 3.95. The predicted octanol–water partition coefficient (Wildman–Crippen LogP) is -1.88. The summed E-state index contributed by atoms with van der Waals surface area (Å²) in [5.41, 5.74) is -1.35. The van der Waals surface area contributed by atoms with Crippen LogP contribution >= 0.6 is 0 Å². The highest BCUT2D eigenvalue weighted by Gasteiger charge is 2.23. The molecule has 0 spiro atoms. The fourth-order valence-corrected chi connectivity index (χ4v) is 1.77. The van der Waals surface area contributed by atoms with E-state index < -0.39 is 17.3 Å². The first-order chi connectivity index (χ1) is 9.08. The summed E-state index contributed by atoms with van der Waals surface area (Å²) in [4.78, 5) is 38.0. The molecule has 1 aromatic rings. The maximum Gasteiger partial charge on any atom is 0.342 e. The van der Waals surface area contributed by atoms with Crippen molar-refractivity contribution >= 4 is 11.7 Å². The molecule has 1 saturated heterocycles. The molecule has 1 atom stereocenters. The van der Waals surface area contributed by atoms with Crippen LogP contribution in [0.15, 0.2) is 9.59 Å². The van der Waals surface area contributed by atoms with Gasteiger partial charge in [0.2, 0.25) is 11.7 Å². The summed E-state index contributed by atoms with van der Waals surface area (Å²) in [5, 5.41) is 8.33. The van der Waals surface area contributed by atoms with E-state index in [9.17, 15) is 14.4 Å². The van der Waals surface area contributed by atoms with Crippen molar-refractivity contribution in [3.8, 4) is 0 Å². The monoisotopic (exact) mass is 269 g/mol. The highest BCUT2D eigenvalue weighted by Crippen LogP contribution is 2.03. The Morgan fingerprint density at radius 1 is 1.42 bits per heavy atom. The second-order valence-electron chi connectivity index (χ2n) is 4.16. The van der Waals surface area contributed by atoms with Crippen molar-refractivity contribution in [1.82, 2.24) is 20.1 Å². The summed E-state index contributed by atoms with van der Waals surface area (Å²) in [6.07, 6.45) is 0. The van der Waals surface area contributed by atoms with Crippen molar-refractivity contribution in [3.05, 3.63) is 20.8 Å². The Balaban J connectivity index is 2.03. The number of morpholine rings is 1. The summed E-state index contributed by atoms with van der Waals surface area (Å²) in [7, 11) is 0. The molecule has 1 unspecified atom stereocenters. The van der Waals surface area contributed by atoms with Gasteiger partial charge in [-0.05, 0) is 6.92 Å². The minimum atomic E-state index is -0.692. The molecule has 0 radical (unpaired) electrons. The Morgan fingerprint density at radius 3 is 2.74 bits per heavy atom. The maximum atomic E-state index is 12.1. The van der Waals surface area contributed by atoms with E-state index >= 15 is 0 Å². The predicted molar refractivity (Wildman–Crippen MR) is 66.0 cm³/mol. The molecular weight excluding hydrogens is 254 g/mol.